The third-order valence-electron chi connectivity index (χ3n) is 2.51. The van der Waals surface area contributed by atoms with Crippen molar-refractivity contribution < 1.29 is 0 Å². The summed E-state index contributed by atoms with van der Waals surface area (Å²) in [5.41, 5.74) is -0.310. The molecule has 1 unspecified atom stereocenters. The highest BCUT2D eigenvalue weighted by Crippen LogP contribution is 2.15. The molecule has 76 valence electrons. The van der Waals surface area contributed by atoms with Gasteiger partial charge in [-0.25, -0.2) is 0 Å². The molecule has 0 aliphatic rings. The monoisotopic (exact) mass is 183 g/mol. The molecule has 0 heterocycles. The topological polar surface area (TPSA) is 39.1 Å². The van der Waals surface area contributed by atoms with Crippen molar-refractivity contribution in [3.63, 3.8) is 0 Å². The van der Waals surface area contributed by atoms with Gasteiger partial charge in [0.25, 0.3) is 0 Å². The molecule has 1 N–H and O–H groups in total. The maximum Gasteiger partial charge on any atom is 0.106 e. The van der Waals surface area contributed by atoms with Crippen LogP contribution in [0.1, 0.15) is 26.2 Å². The highest BCUT2D eigenvalue weighted by molar-refractivity contribution is 5.05. The van der Waals surface area contributed by atoms with Gasteiger partial charge in [0, 0.05) is 0 Å². The van der Waals surface area contributed by atoms with Gasteiger partial charge in [-0.15, -0.1) is 0 Å². The Hall–Kier alpha value is -0.590. The van der Waals surface area contributed by atoms with Crippen molar-refractivity contribution in [2.75, 3.05) is 27.7 Å². The van der Waals surface area contributed by atoms with Gasteiger partial charge in [0.05, 0.1) is 6.07 Å². The Morgan fingerprint density at radius 2 is 2.08 bits per heavy atom. The average Bonchev–Trinajstić information content (AvgIpc) is 2.13. The number of nitrogens with one attached hydrogen (secondary N) is 1. The van der Waals surface area contributed by atoms with E-state index in [4.69, 9.17) is 5.26 Å². The smallest absolute Gasteiger partial charge is 0.106 e. The Morgan fingerprint density at radius 1 is 1.46 bits per heavy atom. The first-order valence-electron chi connectivity index (χ1n) is 4.85. The molecule has 13 heavy (non-hydrogen) atoms. The van der Waals surface area contributed by atoms with E-state index in [9.17, 15) is 0 Å². The van der Waals surface area contributed by atoms with E-state index >= 15 is 0 Å². The molecule has 0 aromatic heterocycles. The SMILES string of the molecule is CCC(C#N)(CCCN(C)C)NC. The summed E-state index contributed by atoms with van der Waals surface area (Å²) < 4.78 is 0. The summed E-state index contributed by atoms with van der Waals surface area (Å²) >= 11 is 0. The lowest BCUT2D eigenvalue weighted by Gasteiger charge is -2.24. The fourth-order valence-electron chi connectivity index (χ4n) is 1.37. The van der Waals surface area contributed by atoms with Crippen LogP contribution in [0.3, 0.4) is 0 Å². The first-order valence-corrected chi connectivity index (χ1v) is 4.85. The predicted molar refractivity (Wildman–Crippen MR) is 55.5 cm³/mol. The Morgan fingerprint density at radius 3 is 2.38 bits per heavy atom. The van der Waals surface area contributed by atoms with Crippen LogP contribution in [0.2, 0.25) is 0 Å². The van der Waals surface area contributed by atoms with Crippen LogP contribution in [-0.2, 0) is 0 Å². The van der Waals surface area contributed by atoms with Crippen molar-refractivity contribution in [1.29, 1.82) is 5.26 Å². The largest absolute Gasteiger partial charge is 0.309 e. The van der Waals surface area contributed by atoms with Gasteiger partial charge in [-0.2, -0.15) is 5.26 Å². The van der Waals surface area contributed by atoms with Crippen molar-refractivity contribution in [3.05, 3.63) is 0 Å². The van der Waals surface area contributed by atoms with Crippen molar-refractivity contribution in [1.82, 2.24) is 10.2 Å². The fourth-order valence-corrected chi connectivity index (χ4v) is 1.37. The minimum Gasteiger partial charge on any atom is -0.309 e. The highest BCUT2D eigenvalue weighted by Gasteiger charge is 2.24. The molecule has 0 radical (unpaired) electrons. The van der Waals surface area contributed by atoms with Crippen LogP contribution in [0.25, 0.3) is 0 Å². The molecule has 0 aliphatic heterocycles. The maximum atomic E-state index is 9.02. The van der Waals surface area contributed by atoms with Crippen LogP contribution in [0.5, 0.6) is 0 Å². The molecule has 0 saturated heterocycles. The normalized spacial score (nSPS) is 15.4. The van der Waals surface area contributed by atoms with Crippen LogP contribution in [0.15, 0.2) is 0 Å². The van der Waals surface area contributed by atoms with Crippen LogP contribution in [0, 0.1) is 11.3 Å². The van der Waals surface area contributed by atoms with Crippen molar-refractivity contribution >= 4 is 0 Å². The lowest BCUT2D eigenvalue weighted by molar-refractivity contribution is 0.339. The second kappa shape index (κ2) is 5.95. The zero-order valence-electron chi connectivity index (χ0n) is 9.22. The first kappa shape index (κ1) is 12.4. The summed E-state index contributed by atoms with van der Waals surface area (Å²) in [6, 6.07) is 2.36. The minimum absolute atomic E-state index is 0.310. The predicted octanol–water partition coefficient (Wildman–Crippen LogP) is 1.22. The molecule has 0 amide bonds. The summed E-state index contributed by atoms with van der Waals surface area (Å²) in [6.07, 6.45) is 2.86. The van der Waals surface area contributed by atoms with Gasteiger partial charge in [0.15, 0.2) is 0 Å². The van der Waals surface area contributed by atoms with E-state index < -0.39 is 0 Å². The summed E-state index contributed by atoms with van der Waals surface area (Å²) in [5, 5.41) is 12.1. The van der Waals surface area contributed by atoms with Gasteiger partial charge < -0.3 is 10.2 Å². The molecular weight excluding hydrogens is 162 g/mol. The molecular formula is C10H21N3. The molecule has 0 aliphatic carbocycles. The van der Waals surface area contributed by atoms with Crippen LogP contribution < -0.4 is 5.32 Å². The van der Waals surface area contributed by atoms with Gasteiger partial charge in [0.1, 0.15) is 5.54 Å². The van der Waals surface area contributed by atoms with Crippen LogP contribution in [0.4, 0.5) is 0 Å². The number of nitrogens with zero attached hydrogens (tertiary/aromatic N) is 2. The molecule has 3 nitrogen and oxygen atoms in total. The maximum absolute atomic E-state index is 9.02. The molecule has 1 atom stereocenters. The second-order valence-electron chi connectivity index (χ2n) is 3.70. The zero-order chi connectivity index (χ0) is 10.3. The van der Waals surface area contributed by atoms with Crippen molar-refractivity contribution in [3.8, 4) is 6.07 Å². The Bertz CT molecular complexity index is 165. The molecule has 0 saturated carbocycles. The fraction of sp³-hybridized carbons (Fsp3) is 0.900. The third kappa shape index (κ3) is 4.25. The van der Waals surface area contributed by atoms with E-state index in [1.807, 2.05) is 7.05 Å². The molecule has 0 spiro atoms. The first-order chi connectivity index (χ1) is 6.10. The Balaban J connectivity index is 3.91. The number of hydrogen-bond acceptors (Lipinski definition) is 3. The Labute approximate surface area is 81.7 Å². The average molecular weight is 183 g/mol. The summed E-state index contributed by atoms with van der Waals surface area (Å²) in [6.45, 7) is 3.10. The zero-order valence-corrected chi connectivity index (χ0v) is 9.22. The van der Waals surface area contributed by atoms with Gasteiger partial charge in [-0.3, -0.25) is 0 Å². The number of rotatable bonds is 6. The third-order valence-corrected chi connectivity index (χ3v) is 2.51. The Kier molecular flexibility index (Phi) is 5.68. The van der Waals surface area contributed by atoms with E-state index in [0.29, 0.717) is 0 Å². The summed E-state index contributed by atoms with van der Waals surface area (Å²) in [4.78, 5) is 2.15. The van der Waals surface area contributed by atoms with E-state index in [2.05, 4.69) is 37.3 Å². The van der Waals surface area contributed by atoms with Gasteiger partial charge in [-0.1, -0.05) is 6.92 Å². The van der Waals surface area contributed by atoms with Crippen molar-refractivity contribution in [2.45, 2.75) is 31.7 Å². The lowest BCUT2D eigenvalue weighted by atomic mass is 9.92. The molecule has 3 heteroatoms. The van der Waals surface area contributed by atoms with E-state index in [-0.39, 0.29) is 5.54 Å². The van der Waals surface area contributed by atoms with E-state index in [1.165, 1.54) is 0 Å². The van der Waals surface area contributed by atoms with Gasteiger partial charge in [-0.05, 0) is 47.0 Å². The number of nitriles is 1. The quantitative estimate of drug-likeness (QED) is 0.673. The molecule has 0 bridgehead atoms. The molecule has 0 aromatic rings. The lowest BCUT2D eigenvalue weighted by Crippen LogP contribution is -2.41. The van der Waals surface area contributed by atoms with Gasteiger partial charge in [0.2, 0.25) is 0 Å². The van der Waals surface area contributed by atoms with Crippen LogP contribution in [-0.4, -0.2) is 38.1 Å². The number of hydrogen-bond donors (Lipinski definition) is 1. The molecule has 0 rings (SSSR count). The summed E-state index contributed by atoms with van der Waals surface area (Å²) in [7, 11) is 5.97. The van der Waals surface area contributed by atoms with Crippen molar-refractivity contribution in [2.24, 2.45) is 0 Å². The van der Waals surface area contributed by atoms with Gasteiger partial charge >= 0.3 is 0 Å². The van der Waals surface area contributed by atoms with Crippen LogP contribution >= 0.6 is 0 Å². The second-order valence-corrected chi connectivity index (χ2v) is 3.70. The molecule has 0 fully saturated rings. The standard InChI is InChI=1S/C10H21N3/c1-5-10(9-11,12-2)7-6-8-13(3)4/h12H,5-8H2,1-4H3. The van der Waals surface area contributed by atoms with E-state index in [0.717, 1.165) is 25.8 Å². The minimum atomic E-state index is -0.310. The highest BCUT2D eigenvalue weighted by atomic mass is 15.0. The van der Waals surface area contributed by atoms with E-state index in [1.54, 1.807) is 0 Å². The molecule has 0 aromatic carbocycles. The summed E-state index contributed by atoms with van der Waals surface area (Å²) in [5.74, 6) is 0.